The first-order valence-electron chi connectivity index (χ1n) is 27.3. The second kappa shape index (κ2) is 47.9. The summed E-state index contributed by atoms with van der Waals surface area (Å²) in [6.45, 7) is 11.4. The van der Waals surface area contributed by atoms with E-state index in [9.17, 15) is 14.4 Å². The molecule has 6 heteroatoms. The molecule has 0 N–H and O–H groups in total. The molecule has 0 aliphatic heterocycles. The molecule has 0 saturated heterocycles. The molecule has 362 valence electrons. The normalized spacial score (nSPS) is 12.5. The van der Waals surface area contributed by atoms with Gasteiger partial charge in [0.05, 0.1) is 0 Å². The number of carbonyl (C=O) groups excluding carboxylic acids is 3. The van der Waals surface area contributed by atoms with Crippen LogP contribution in [0.15, 0.2) is 0 Å². The molecule has 2 atom stereocenters. The van der Waals surface area contributed by atoms with Crippen molar-refractivity contribution in [2.24, 2.45) is 11.8 Å². The summed E-state index contributed by atoms with van der Waals surface area (Å²) in [6, 6.07) is 0. The molecule has 0 aromatic carbocycles. The molecule has 0 bridgehead atoms. The van der Waals surface area contributed by atoms with Crippen molar-refractivity contribution in [3.05, 3.63) is 0 Å². The average molecular weight is 863 g/mol. The lowest BCUT2D eigenvalue weighted by Crippen LogP contribution is -2.30. The molecule has 0 aliphatic carbocycles. The van der Waals surface area contributed by atoms with Crippen LogP contribution in [0.1, 0.15) is 304 Å². The Balaban J connectivity index is 4.26. The molecule has 0 spiro atoms. The van der Waals surface area contributed by atoms with Gasteiger partial charge in [0.1, 0.15) is 13.2 Å². The van der Waals surface area contributed by atoms with Crippen molar-refractivity contribution < 1.29 is 28.6 Å². The van der Waals surface area contributed by atoms with Crippen molar-refractivity contribution in [2.75, 3.05) is 13.2 Å². The van der Waals surface area contributed by atoms with Crippen LogP contribution >= 0.6 is 0 Å². The highest BCUT2D eigenvalue weighted by Gasteiger charge is 2.19. The van der Waals surface area contributed by atoms with Gasteiger partial charge in [-0.2, -0.15) is 0 Å². The third-order valence-electron chi connectivity index (χ3n) is 12.8. The molecule has 0 saturated carbocycles. The lowest BCUT2D eigenvalue weighted by molar-refractivity contribution is -0.167. The van der Waals surface area contributed by atoms with Gasteiger partial charge in [0, 0.05) is 19.3 Å². The number of esters is 3. The Bertz CT molecular complexity index is 933. The maximum atomic E-state index is 12.8. The summed E-state index contributed by atoms with van der Waals surface area (Å²) in [6.07, 6.45) is 49.5. The second-order valence-corrected chi connectivity index (χ2v) is 19.6. The zero-order valence-electron chi connectivity index (χ0n) is 41.8. The van der Waals surface area contributed by atoms with E-state index in [1.165, 1.54) is 193 Å². The van der Waals surface area contributed by atoms with Crippen molar-refractivity contribution >= 4 is 17.9 Å². The van der Waals surface area contributed by atoms with E-state index in [-0.39, 0.29) is 31.1 Å². The third-order valence-corrected chi connectivity index (χ3v) is 12.8. The van der Waals surface area contributed by atoms with Crippen molar-refractivity contribution in [1.29, 1.82) is 0 Å². The monoisotopic (exact) mass is 863 g/mol. The number of carbonyl (C=O) groups is 3. The van der Waals surface area contributed by atoms with Crippen LogP contribution in [0.25, 0.3) is 0 Å². The van der Waals surface area contributed by atoms with Crippen molar-refractivity contribution in [2.45, 2.75) is 310 Å². The SMILES string of the molecule is CCCCCCCCCCCCCCCCCCCCCC(=O)OC[C@@H](COC(=O)CCCCCCCCCCC(C)CC)OC(=O)CCCCCCCCCCCC(C)C. The number of hydrogen-bond acceptors (Lipinski definition) is 6. The molecule has 0 radical (unpaired) electrons. The van der Waals surface area contributed by atoms with Gasteiger partial charge in [0.15, 0.2) is 6.10 Å². The molecule has 0 fully saturated rings. The summed E-state index contributed by atoms with van der Waals surface area (Å²) in [7, 11) is 0. The number of unbranched alkanes of at least 4 members (excludes halogenated alkanes) is 33. The summed E-state index contributed by atoms with van der Waals surface area (Å²) < 4.78 is 16.8. The largest absolute Gasteiger partial charge is 0.462 e. The van der Waals surface area contributed by atoms with Crippen molar-refractivity contribution in [3.63, 3.8) is 0 Å². The van der Waals surface area contributed by atoms with Gasteiger partial charge in [-0.05, 0) is 31.1 Å². The number of ether oxygens (including phenoxy) is 3. The fourth-order valence-electron chi connectivity index (χ4n) is 8.31. The van der Waals surface area contributed by atoms with E-state index in [1.54, 1.807) is 0 Å². The Hall–Kier alpha value is -1.59. The first-order chi connectivity index (χ1) is 29.8. The molecule has 0 heterocycles. The predicted octanol–water partition coefficient (Wildman–Crippen LogP) is 17.7. The van der Waals surface area contributed by atoms with Crippen molar-refractivity contribution in [1.82, 2.24) is 0 Å². The van der Waals surface area contributed by atoms with Gasteiger partial charge in [-0.15, -0.1) is 0 Å². The van der Waals surface area contributed by atoms with E-state index in [1.807, 2.05) is 0 Å². The lowest BCUT2D eigenvalue weighted by Gasteiger charge is -2.18. The standard InChI is InChI=1S/C55H106O6/c1-6-8-9-10-11-12-13-14-15-16-17-18-19-20-21-24-30-35-40-45-53(56)59-48-52(61-55(58)47-42-37-32-25-22-23-28-33-38-43-50(3)4)49-60-54(57)46-41-36-31-27-26-29-34-39-44-51(5)7-2/h50-52H,6-49H2,1-5H3/t51?,52-/m0/s1. The molecular formula is C55H106O6. The smallest absolute Gasteiger partial charge is 0.306 e. The van der Waals surface area contributed by atoms with E-state index >= 15 is 0 Å². The highest BCUT2D eigenvalue weighted by Crippen LogP contribution is 2.18. The third kappa shape index (κ3) is 47.7. The average Bonchev–Trinajstić information content (AvgIpc) is 3.24. The Morgan fingerprint density at radius 2 is 0.623 bits per heavy atom. The van der Waals surface area contributed by atoms with Crippen LogP contribution in [0.2, 0.25) is 0 Å². The molecule has 0 aromatic rings. The van der Waals surface area contributed by atoms with Crippen LogP contribution in [0.3, 0.4) is 0 Å². The minimum Gasteiger partial charge on any atom is -0.462 e. The van der Waals surface area contributed by atoms with Gasteiger partial charge < -0.3 is 14.2 Å². The van der Waals surface area contributed by atoms with Gasteiger partial charge in [0.2, 0.25) is 0 Å². The van der Waals surface area contributed by atoms with Gasteiger partial charge in [-0.1, -0.05) is 266 Å². The number of rotatable bonds is 49. The van der Waals surface area contributed by atoms with E-state index < -0.39 is 6.10 Å². The summed E-state index contributed by atoms with van der Waals surface area (Å²) in [5.41, 5.74) is 0. The molecule has 0 amide bonds. The summed E-state index contributed by atoms with van der Waals surface area (Å²) in [4.78, 5) is 38.0. The minimum atomic E-state index is -0.762. The topological polar surface area (TPSA) is 78.9 Å². The molecule has 1 unspecified atom stereocenters. The Labute approximate surface area is 380 Å². The highest BCUT2D eigenvalue weighted by molar-refractivity contribution is 5.71. The second-order valence-electron chi connectivity index (χ2n) is 19.6. The lowest BCUT2D eigenvalue weighted by atomic mass is 9.99. The van der Waals surface area contributed by atoms with Gasteiger partial charge in [0.25, 0.3) is 0 Å². The zero-order valence-corrected chi connectivity index (χ0v) is 41.8. The van der Waals surface area contributed by atoms with Crippen LogP contribution in [0.5, 0.6) is 0 Å². The molecular weight excluding hydrogens is 757 g/mol. The Morgan fingerprint density at radius 3 is 0.934 bits per heavy atom. The van der Waals surface area contributed by atoms with Crippen molar-refractivity contribution in [3.8, 4) is 0 Å². The first kappa shape index (κ1) is 59.4. The molecule has 61 heavy (non-hydrogen) atoms. The summed E-state index contributed by atoms with van der Waals surface area (Å²) in [5.74, 6) is 0.805. The van der Waals surface area contributed by atoms with E-state index in [0.717, 1.165) is 69.6 Å². The first-order valence-corrected chi connectivity index (χ1v) is 27.3. The Morgan fingerprint density at radius 1 is 0.344 bits per heavy atom. The van der Waals surface area contributed by atoms with E-state index in [0.29, 0.717) is 19.3 Å². The van der Waals surface area contributed by atoms with Crippen LogP contribution in [-0.2, 0) is 28.6 Å². The van der Waals surface area contributed by atoms with E-state index in [4.69, 9.17) is 14.2 Å². The molecule has 6 nitrogen and oxygen atoms in total. The van der Waals surface area contributed by atoms with Gasteiger partial charge in [-0.3, -0.25) is 14.4 Å². The quantitative estimate of drug-likeness (QED) is 0.0344. The summed E-state index contributed by atoms with van der Waals surface area (Å²) >= 11 is 0. The molecule has 0 aromatic heterocycles. The highest BCUT2D eigenvalue weighted by atomic mass is 16.6. The van der Waals surface area contributed by atoms with Crippen LogP contribution in [-0.4, -0.2) is 37.2 Å². The maximum absolute atomic E-state index is 12.8. The van der Waals surface area contributed by atoms with Crippen LogP contribution < -0.4 is 0 Å². The molecule has 0 rings (SSSR count). The maximum Gasteiger partial charge on any atom is 0.306 e. The predicted molar refractivity (Wildman–Crippen MR) is 261 cm³/mol. The van der Waals surface area contributed by atoms with Crippen LogP contribution in [0.4, 0.5) is 0 Å². The fourth-order valence-corrected chi connectivity index (χ4v) is 8.31. The van der Waals surface area contributed by atoms with Gasteiger partial charge >= 0.3 is 17.9 Å². The minimum absolute atomic E-state index is 0.0640. The van der Waals surface area contributed by atoms with Gasteiger partial charge in [-0.25, -0.2) is 0 Å². The number of hydrogen-bond donors (Lipinski definition) is 0. The Kier molecular flexibility index (Phi) is 46.6. The van der Waals surface area contributed by atoms with Crippen LogP contribution in [0, 0.1) is 11.8 Å². The fraction of sp³-hybridized carbons (Fsp3) is 0.945. The summed E-state index contributed by atoms with van der Waals surface area (Å²) in [5, 5.41) is 0. The molecule has 0 aliphatic rings. The zero-order chi connectivity index (χ0) is 44.7. The van der Waals surface area contributed by atoms with E-state index in [2.05, 4.69) is 34.6 Å².